The molecule has 0 aliphatic carbocycles. The zero-order chi connectivity index (χ0) is 18.1. The summed E-state index contributed by atoms with van der Waals surface area (Å²) in [7, 11) is 1.55. The Kier molecular flexibility index (Phi) is 4.35. The van der Waals surface area contributed by atoms with Crippen molar-refractivity contribution in [3.8, 4) is 11.5 Å². The number of hydrogen-bond acceptors (Lipinski definition) is 3. The van der Waals surface area contributed by atoms with Gasteiger partial charge in [0.1, 0.15) is 17.1 Å². The Morgan fingerprint density at radius 3 is 2.19 bits per heavy atom. The first-order valence-corrected chi connectivity index (χ1v) is 8.93. The quantitative estimate of drug-likeness (QED) is 0.310. The van der Waals surface area contributed by atoms with Gasteiger partial charge in [-0.2, -0.15) is 0 Å². The number of ether oxygens (including phenoxy) is 2. The monoisotopic (exact) mass is 406 g/mol. The van der Waals surface area contributed by atoms with E-state index in [1.807, 2.05) is 60.7 Å². The van der Waals surface area contributed by atoms with Crippen molar-refractivity contribution in [1.82, 2.24) is 0 Å². The Bertz CT molecular complexity index is 1130. The smallest absolute Gasteiger partial charge is 0.347 e. The summed E-state index contributed by atoms with van der Waals surface area (Å²) in [5.74, 6) is 0.569. The summed E-state index contributed by atoms with van der Waals surface area (Å²) in [4.78, 5) is 12.9. The Labute approximate surface area is 159 Å². The lowest BCUT2D eigenvalue weighted by atomic mass is 10.1. The van der Waals surface area contributed by atoms with Gasteiger partial charge in [0.25, 0.3) is 0 Å². The molecular formula is C22H15BrO3. The summed E-state index contributed by atoms with van der Waals surface area (Å²) in [6.07, 6.45) is 0. The fourth-order valence-corrected chi connectivity index (χ4v) is 3.50. The highest BCUT2D eigenvalue weighted by molar-refractivity contribution is 9.10. The molecule has 26 heavy (non-hydrogen) atoms. The van der Waals surface area contributed by atoms with Gasteiger partial charge in [-0.1, -0.05) is 64.5 Å². The standard InChI is InChI=1S/C22H15BrO3/c1-25-21-13-15-7-3-2-6-14(15)12-18(21)22(24)26-20-11-10-19(23)16-8-4-5-9-17(16)20/h2-13H,1H3. The molecule has 0 saturated heterocycles. The molecule has 0 N–H and O–H groups in total. The Hall–Kier alpha value is -2.85. The lowest BCUT2D eigenvalue weighted by molar-refractivity contribution is 0.0734. The summed E-state index contributed by atoms with van der Waals surface area (Å²) in [6.45, 7) is 0. The van der Waals surface area contributed by atoms with Crippen molar-refractivity contribution in [2.45, 2.75) is 0 Å². The van der Waals surface area contributed by atoms with E-state index in [2.05, 4.69) is 15.9 Å². The van der Waals surface area contributed by atoms with Gasteiger partial charge in [-0.05, 0) is 40.4 Å². The predicted molar refractivity (Wildman–Crippen MR) is 107 cm³/mol. The maximum absolute atomic E-state index is 12.9. The van der Waals surface area contributed by atoms with Gasteiger partial charge < -0.3 is 9.47 Å². The Balaban J connectivity index is 1.78. The molecule has 0 aliphatic heterocycles. The van der Waals surface area contributed by atoms with Crippen molar-refractivity contribution in [3.63, 3.8) is 0 Å². The minimum atomic E-state index is -0.444. The maximum atomic E-state index is 12.9. The second-order valence-corrected chi connectivity index (χ2v) is 6.73. The van der Waals surface area contributed by atoms with Crippen LogP contribution in [0.2, 0.25) is 0 Å². The molecule has 4 aromatic carbocycles. The fraction of sp³-hybridized carbons (Fsp3) is 0.0455. The molecule has 0 spiro atoms. The highest BCUT2D eigenvalue weighted by Crippen LogP contribution is 2.33. The Morgan fingerprint density at radius 2 is 1.46 bits per heavy atom. The number of carbonyl (C=O) groups is 1. The molecular weight excluding hydrogens is 392 g/mol. The SMILES string of the molecule is COc1cc2ccccc2cc1C(=O)Oc1ccc(Br)c2ccccc12. The van der Waals surface area contributed by atoms with Crippen LogP contribution in [0.4, 0.5) is 0 Å². The number of hydrogen-bond donors (Lipinski definition) is 0. The normalized spacial score (nSPS) is 10.8. The van der Waals surface area contributed by atoms with Gasteiger partial charge in [0.05, 0.1) is 7.11 Å². The zero-order valence-electron chi connectivity index (χ0n) is 14.0. The van der Waals surface area contributed by atoms with Crippen LogP contribution in [0.25, 0.3) is 21.5 Å². The van der Waals surface area contributed by atoms with Crippen LogP contribution in [-0.4, -0.2) is 13.1 Å². The second kappa shape index (κ2) is 6.81. The van der Waals surface area contributed by atoms with E-state index in [0.717, 1.165) is 26.0 Å². The first-order valence-electron chi connectivity index (χ1n) is 8.13. The van der Waals surface area contributed by atoms with Gasteiger partial charge in [-0.15, -0.1) is 0 Å². The molecule has 0 bridgehead atoms. The zero-order valence-corrected chi connectivity index (χ0v) is 15.6. The predicted octanol–water partition coefficient (Wildman–Crippen LogP) is 5.98. The van der Waals surface area contributed by atoms with E-state index in [4.69, 9.17) is 9.47 Å². The van der Waals surface area contributed by atoms with Gasteiger partial charge in [-0.3, -0.25) is 0 Å². The third-order valence-corrected chi connectivity index (χ3v) is 5.01. The third-order valence-electron chi connectivity index (χ3n) is 4.32. The van der Waals surface area contributed by atoms with E-state index in [1.54, 1.807) is 19.2 Å². The van der Waals surface area contributed by atoms with Crippen molar-refractivity contribution < 1.29 is 14.3 Å². The fourth-order valence-electron chi connectivity index (χ4n) is 3.03. The molecule has 0 saturated carbocycles. The summed E-state index contributed by atoms with van der Waals surface area (Å²) in [5, 5.41) is 3.83. The van der Waals surface area contributed by atoms with Crippen molar-refractivity contribution in [2.75, 3.05) is 7.11 Å². The molecule has 3 nitrogen and oxygen atoms in total. The highest BCUT2D eigenvalue weighted by atomic mass is 79.9. The molecule has 0 unspecified atom stereocenters. The first-order chi connectivity index (χ1) is 12.7. The highest BCUT2D eigenvalue weighted by Gasteiger charge is 2.17. The molecule has 128 valence electrons. The number of fused-ring (bicyclic) bond motifs is 2. The summed E-state index contributed by atoms with van der Waals surface area (Å²) in [6, 6.07) is 22.9. The molecule has 0 amide bonds. The van der Waals surface area contributed by atoms with E-state index < -0.39 is 5.97 Å². The van der Waals surface area contributed by atoms with Crippen molar-refractivity contribution >= 4 is 43.4 Å². The van der Waals surface area contributed by atoms with Gasteiger partial charge in [0.15, 0.2) is 0 Å². The number of halogens is 1. The molecule has 4 aromatic rings. The molecule has 4 rings (SSSR count). The van der Waals surface area contributed by atoms with Crippen LogP contribution >= 0.6 is 15.9 Å². The van der Waals surface area contributed by atoms with Crippen LogP contribution < -0.4 is 9.47 Å². The van der Waals surface area contributed by atoms with Gasteiger partial charge in [0.2, 0.25) is 0 Å². The van der Waals surface area contributed by atoms with Crippen LogP contribution in [0.5, 0.6) is 11.5 Å². The van der Waals surface area contributed by atoms with E-state index in [-0.39, 0.29) is 0 Å². The lowest BCUT2D eigenvalue weighted by Crippen LogP contribution is -2.10. The maximum Gasteiger partial charge on any atom is 0.347 e. The molecule has 4 heteroatoms. The number of methoxy groups -OCH3 is 1. The van der Waals surface area contributed by atoms with E-state index in [9.17, 15) is 4.79 Å². The average molecular weight is 407 g/mol. The molecule has 0 radical (unpaired) electrons. The first kappa shape index (κ1) is 16.6. The topological polar surface area (TPSA) is 35.5 Å². The van der Waals surface area contributed by atoms with Crippen LogP contribution in [0.3, 0.4) is 0 Å². The van der Waals surface area contributed by atoms with Crippen LogP contribution in [-0.2, 0) is 0 Å². The minimum Gasteiger partial charge on any atom is -0.496 e. The summed E-state index contributed by atoms with van der Waals surface area (Å²) >= 11 is 3.53. The molecule has 0 heterocycles. The van der Waals surface area contributed by atoms with E-state index >= 15 is 0 Å². The molecule has 0 fully saturated rings. The van der Waals surface area contributed by atoms with Crippen LogP contribution in [0.15, 0.2) is 77.3 Å². The third kappa shape index (κ3) is 2.93. The van der Waals surface area contributed by atoms with Crippen molar-refractivity contribution in [3.05, 3.63) is 82.8 Å². The number of benzene rings is 4. The average Bonchev–Trinajstić information content (AvgIpc) is 2.69. The second-order valence-electron chi connectivity index (χ2n) is 5.88. The largest absolute Gasteiger partial charge is 0.496 e. The molecule has 0 aromatic heterocycles. The van der Waals surface area contributed by atoms with Crippen molar-refractivity contribution in [2.24, 2.45) is 0 Å². The number of rotatable bonds is 3. The Morgan fingerprint density at radius 1 is 0.808 bits per heavy atom. The van der Waals surface area contributed by atoms with Gasteiger partial charge >= 0.3 is 5.97 Å². The van der Waals surface area contributed by atoms with Gasteiger partial charge in [0, 0.05) is 9.86 Å². The summed E-state index contributed by atoms with van der Waals surface area (Å²) < 4.78 is 12.1. The lowest BCUT2D eigenvalue weighted by Gasteiger charge is -2.12. The summed E-state index contributed by atoms with van der Waals surface area (Å²) in [5.41, 5.74) is 0.401. The van der Waals surface area contributed by atoms with Crippen LogP contribution in [0.1, 0.15) is 10.4 Å². The van der Waals surface area contributed by atoms with Crippen LogP contribution in [0, 0.1) is 0 Å². The van der Waals surface area contributed by atoms with E-state index in [0.29, 0.717) is 17.1 Å². The number of esters is 1. The minimum absolute atomic E-state index is 0.401. The number of carbonyl (C=O) groups excluding carboxylic acids is 1. The van der Waals surface area contributed by atoms with E-state index in [1.165, 1.54) is 0 Å². The van der Waals surface area contributed by atoms with Gasteiger partial charge in [-0.25, -0.2) is 4.79 Å². The molecule has 0 aliphatic rings. The molecule has 0 atom stereocenters. The van der Waals surface area contributed by atoms with Crippen molar-refractivity contribution in [1.29, 1.82) is 0 Å².